The molecule has 0 aliphatic rings. The molecule has 0 aliphatic heterocycles. The van der Waals surface area contributed by atoms with Crippen molar-refractivity contribution >= 4 is 16.9 Å². The Labute approximate surface area is 157 Å². The molecule has 0 saturated heterocycles. The minimum Gasteiger partial charge on any atom is -0.508 e. The fourth-order valence-electron chi connectivity index (χ4n) is 3.17. The van der Waals surface area contributed by atoms with Gasteiger partial charge in [0, 0.05) is 17.5 Å². The van der Waals surface area contributed by atoms with Crippen molar-refractivity contribution in [2.24, 2.45) is 0 Å². The zero-order valence-corrected chi connectivity index (χ0v) is 15.5. The van der Waals surface area contributed by atoms with Gasteiger partial charge in [-0.3, -0.25) is 4.79 Å². The highest BCUT2D eigenvalue weighted by Gasteiger charge is 2.16. The lowest BCUT2D eigenvalue weighted by atomic mass is 10.0. The Bertz CT molecular complexity index is 1010. The summed E-state index contributed by atoms with van der Waals surface area (Å²) in [6, 6.07) is 14.7. The van der Waals surface area contributed by atoms with E-state index in [1.54, 1.807) is 13.0 Å². The highest BCUT2D eigenvalue weighted by atomic mass is 16.4. The Balaban J connectivity index is 1.67. The molecule has 1 amide bonds. The molecule has 0 bridgehead atoms. The second kappa shape index (κ2) is 8.08. The van der Waals surface area contributed by atoms with Crippen LogP contribution in [0, 0.1) is 6.92 Å². The van der Waals surface area contributed by atoms with Crippen LogP contribution in [-0.2, 0) is 17.6 Å². The molecule has 1 aromatic heterocycles. The number of nitrogens with one attached hydrogen (secondary N) is 1. The number of hydrogen-bond donors (Lipinski definition) is 2. The van der Waals surface area contributed by atoms with Gasteiger partial charge < -0.3 is 14.8 Å². The Hall–Kier alpha value is -3.08. The minimum absolute atomic E-state index is 0.00227. The van der Waals surface area contributed by atoms with Gasteiger partial charge in [0.1, 0.15) is 11.3 Å². The van der Waals surface area contributed by atoms with Crippen molar-refractivity contribution in [1.29, 1.82) is 0 Å². The number of rotatable bonds is 6. The first-order valence-corrected chi connectivity index (χ1v) is 9.02. The Morgan fingerprint density at radius 2 is 1.93 bits per heavy atom. The number of phenolic OH excluding ortho intramolecular Hbond substituents is 1. The van der Waals surface area contributed by atoms with Crippen molar-refractivity contribution in [3.05, 3.63) is 75.6 Å². The number of phenols is 1. The summed E-state index contributed by atoms with van der Waals surface area (Å²) < 4.78 is 5.27. The molecule has 5 heteroatoms. The predicted molar refractivity (Wildman–Crippen MR) is 105 cm³/mol. The second-order valence-corrected chi connectivity index (χ2v) is 6.84. The zero-order valence-electron chi connectivity index (χ0n) is 15.5. The Morgan fingerprint density at radius 1 is 1.19 bits per heavy atom. The summed E-state index contributed by atoms with van der Waals surface area (Å²) in [5.41, 5.74) is 2.05. The maximum absolute atomic E-state index is 12.4. The van der Waals surface area contributed by atoms with E-state index >= 15 is 0 Å². The van der Waals surface area contributed by atoms with Crippen molar-refractivity contribution in [3.63, 3.8) is 0 Å². The van der Waals surface area contributed by atoms with Crippen LogP contribution >= 0.6 is 0 Å². The second-order valence-electron chi connectivity index (χ2n) is 6.84. The Kier molecular flexibility index (Phi) is 5.60. The first-order chi connectivity index (χ1) is 12.9. The smallest absolute Gasteiger partial charge is 0.340 e. The number of amides is 1. The summed E-state index contributed by atoms with van der Waals surface area (Å²) in [4.78, 5) is 24.7. The van der Waals surface area contributed by atoms with Gasteiger partial charge in [-0.25, -0.2) is 4.79 Å². The van der Waals surface area contributed by atoms with E-state index in [0.717, 1.165) is 12.8 Å². The van der Waals surface area contributed by atoms with Crippen molar-refractivity contribution in [2.75, 3.05) is 0 Å². The number of aryl methyl sites for hydroxylation is 2. The minimum atomic E-state index is -0.544. The maximum Gasteiger partial charge on any atom is 0.340 e. The molecule has 0 radical (unpaired) electrons. The van der Waals surface area contributed by atoms with Gasteiger partial charge in [0.25, 0.3) is 0 Å². The fourth-order valence-corrected chi connectivity index (χ4v) is 3.17. The summed E-state index contributed by atoms with van der Waals surface area (Å²) in [5.74, 6) is -0.174. The highest BCUT2D eigenvalue weighted by Crippen LogP contribution is 2.23. The average Bonchev–Trinajstić information content (AvgIpc) is 2.64. The standard InChI is InChI=1S/C22H23NO4/c1-14(8-9-16-6-4-3-5-7-16)23-21(25)13-19-15(2)18-11-10-17(24)12-20(18)27-22(19)26/h3-7,10-12,14,24H,8-9,13H2,1-2H3,(H,23,25)/t14-/m1/s1. The fraction of sp³-hybridized carbons (Fsp3) is 0.273. The largest absolute Gasteiger partial charge is 0.508 e. The molecular weight excluding hydrogens is 342 g/mol. The number of hydrogen-bond acceptors (Lipinski definition) is 4. The summed E-state index contributed by atoms with van der Waals surface area (Å²) >= 11 is 0. The average molecular weight is 365 g/mol. The van der Waals surface area contributed by atoms with Gasteiger partial charge in [-0.1, -0.05) is 30.3 Å². The van der Waals surface area contributed by atoms with Crippen LogP contribution in [0.2, 0.25) is 0 Å². The van der Waals surface area contributed by atoms with Crippen molar-refractivity contribution in [1.82, 2.24) is 5.32 Å². The normalized spacial score (nSPS) is 12.1. The SMILES string of the molecule is Cc1c(CC(=O)N[C@H](C)CCc2ccccc2)c(=O)oc2cc(O)ccc12. The van der Waals surface area contributed by atoms with E-state index in [0.29, 0.717) is 22.1 Å². The molecule has 0 saturated carbocycles. The Morgan fingerprint density at radius 3 is 2.67 bits per heavy atom. The topological polar surface area (TPSA) is 79.5 Å². The van der Waals surface area contributed by atoms with E-state index in [-0.39, 0.29) is 24.1 Å². The molecule has 2 N–H and O–H groups in total. The van der Waals surface area contributed by atoms with Gasteiger partial charge in [0.05, 0.1) is 12.0 Å². The zero-order chi connectivity index (χ0) is 19.4. The van der Waals surface area contributed by atoms with E-state index in [9.17, 15) is 14.7 Å². The molecule has 1 heterocycles. The lowest BCUT2D eigenvalue weighted by molar-refractivity contribution is -0.121. The molecule has 0 fully saturated rings. The van der Waals surface area contributed by atoms with Crippen LogP contribution in [0.1, 0.15) is 30.0 Å². The van der Waals surface area contributed by atoms with Gasteiger partial charge in [-0.15, -0.1) is 0 Å². The third-order valence-electron chi connectivity index (χ3n) is 4.72. The highest BCUT2D eigenvalue weighted by molar-refractivity contribution is 5.85. The summed E-state index contributed by atoms with van der Waals surface area (Å²) in [6.45, 7) is 3.75. The molecule has 3 rings (SSSR count). The van der Waals surface area contributed by atoms with Crippen LogP contribution in [0.5, 0.6) is 5.75 Å². The summed E-state index contributed by atoms with van der Waals surface area (Å²) in [5, 5.41) is 13.2. The van der Waals surface area contributed by atoms with E-state index < -0.39 is 5.63 Å². The molecule has 1 atom stereocenters. The first kappa shape index (κ1) is 18.7. The number of fused-ring (bicyclic) bond motifs is 1. The van der Waals surface area contributed by atoms with E-state index in [1.165, 1.54) is 17.7 Å². The van der Waals surface area contributed by atoms with E-state index in [2.05, 4.69) is 17.4 Å². The molecule has 0 unspecified atom stereocenters. The molecule has 3 aromatic rings. The molecule has 140 valence electrons. The third kappa shape index (κ3) is 4.56. The summed E-state index contributed by atoms with van der Waals surface area (Å²) in [6.07, 6.45) is 1.67. The number of benzene rings is 2. The van der Waals surface area contributed by atoms with Crippen molar-refractivity contribution in [3.8, 4) is 5.75 Å². The van der Waals surface area contributed by atoms with Crippen LogP contribution in [-0.4, -0.2) is 17.1 Å². The molecule has 0 spiro atoms. The first-order valence-electron chi connectivity index (χ1n) is 9.02. The monoisotopic (exact) mass is 365 g/mol. The molecule has 2 aromatic carbocycles. The van der Waals surface area contributed by atoms with Gasteiger partial charge >= 0.3 is 5.63 Å². The van der Waals surface area contributed by atoms with E-state index in [1.807, 2.05) is 25.1 Å². The number of carbonyl (C=O) groups excluding carboxylic acids is 1. The van der Waals surface area contributed by atoms with Crippen molar-refractivity contribution in [2.45, 2.75) is 39.2 Å². The molecule has 27 heavy (non-hydrogen) atoms. The van der Waals surface area contributed by atoms with Crippen LogP contribution in [0.15, 0.2) is 57.7 Å². The van der Waals surface area contributed by atoms with E-state index in [4.69, 9.17) is 4.42 Å². The number of carbonyl (C=O) groups is 1. The van der Waals surface area contributed by atoms with Crippen LogP contribution < -0.4 is 10.9 Å². The van der Waals surface area contributed by atoms with Crippen LogP contribution in [0.3, 0.4) is 0 Å². The van der Waals surface area contributed by atoms with Crippen LogP contribution in [0.4, 0.5) is 0 Å². The molecular formula is C22H23NO4. The van der Waals surface area contributed by atoms with Crippen LogP contribution in [0.25, 0.3) is 11.0 Å². The summed E-state index contributed by atoms with van der Waals surface area (Å²) in [7, 11) is 0. The maximum atomic E-state index is 12.4. The van der Waals surface area contributed by atoms with Gasteiger partial charge in [0.15, 0.2) is 0 Å². The lowest BCUT2D eigenvalue weighted by Gasteiger charge is -2.14. The number of aromatic hydroxyl groups is 1. The predicted octanol–water partition coefficient (Wildman–Crippen LogP) is 3.49. The van der Waals surface area contributed by atoms with Gasteiger partial charge in [-0.05, 0) is 49.9 Å². The van der Waals surface area contributed by atoms with Gasteiger partial charge in [0.2, 0.25) is 5.91 Å². The quantitative estimate of drug-likeness (QED) is 0.656. The van der Waals surface area contributed by atoms with Crippen molar-refractivity contribution < 1.29 is 14.3 Å². The third-order valence-corrected chi connectivity index (χ3v) is 4.72. The molecule has 5 nitrogen and oxygen atoms in total. The lowest BCUT2D eigenvalue weighted by Crippen LogP contribution is -2.35. The molecule has 0 aliphatic carbocycles. The van der Waals surface area contributed by atoms with Gasteiger partial charge in [-0.2, -0.15) is 0 Å².